The van der Waals surface area contributed by atoms with Gasteiger partial charge in [-0.2, -0.15) is 0 Å². The van der Waals surface area contributed by atoms with Crippen LogP contribution >= 0.6 is 0 Å². The molecule has 2 N–H and O–H groups in total. The fourth-order valence-corrected chi connectivity index (χ4v) is 3.33. The normalized spacial score (nSPS) is 29.6. The molecule has 0 aliphatic carbocycles. The number of hydrogen-bond donors (Lipinski definition) is 2. The van der Waals surface area contributed by atoms with Crippen molar-refractivity contribution < 1.29 is 9.90 Å². The molecule has 0 radical (unpaired) electrons. The van der Waals surface area contributed by atoms with Crippen LogP contribution in [-0.2, 0) is 17.8 Å². The lowest BCUT2D eigenvalue weighted by molar-refractivity contribution is -0.133. The number of aliphatic hydroxyl groups is 1. The zero-order valence-electron chi connectivity index (χ0n) is 12.6. The van der Waals surface area contributed by atoms with Gasteiger partial charge in [0.25, 0.3) is 0 Å². The van der Waals surface area contributed by atoms with E-state index in [0.717, 1.165) is 32.4 Å². The van der Waals surface area contributed by atoms with Crippen LogP contribution in [-0.4, -0.2) is 40.6 Å². The quantitative estimate of drug-likeness (QED) is 0.823. The van der Waals surface area contributed by atoms with Gasteiger partial charge < -0.3 is 15.3 Å². The van der Waals surface area contributed by atoms with Gasteiger partial charge in [-0.05, 0) is 43.7 Å². The number of fused-ring (bicyclic) bond motifs is 1. The molecule has 0 bridgehead atoms. The number of carbonyl (C=O) groups excluding carboxylic acids is 1. The maximum atomic E-state index is 12.7. The van der Waals surface area contributed by atoms with Crippen molar-refractivity contribution in [1.29, 1.82) is 0 Å². The fraction of sp³-hybridized carbons (Fsp3) is 0.588. The highest BCUT2D eigenvalue weighted by molar-refractivity contribution is 5.82. The van der Waals surface area contributed by atoms with Crippen LogP contribution < -0.4 is 5.32 Å². The Hall–Kier alpha value is -1.39. The molecule has 1 fully saturated rings. The van der Waals surface area contributed by atoms with Crippen molar-refractivity contribution in [3.63, 3.8) is 0 Å². The molecule has 1 saturated heterocycles. The molecular formula is C17H24N2O2. The maximum absolute atomic E-state index is 12.7. The molecule has 2 aliphatic heterocycles. The number of amides is 1. The van der Waals surface area contributed by atoms with Crippen LogP contribution in [0.4, 0.5) is 0 Å². The first-order chi connectivity index (χ1) is 10.1. The lowest BCUT2D eigenvalue weighted by Crippen LogP contribution is -2.49. The van der Waals surface area contributed by atoms with Crippen LogP contribution in [0.15, 0.2) is 24.3 Å². The van der Waals surface area contributed by atoms with Gasteiger partial charge in [0.2, 0.25) is 5.91 Å². The third-order valence-corrected chi connectivity index (χ3v) is 4.75. The topological polar surface area (TPSA) is 52.6 Å². The predicted octanol–water partition coefficient (Wildman–Crippen LogP) is 1.46. The number of carbonyl (C=O) groups is 1. The van der Waals surface area contributed by atoms with Crippen molar-refractivity contribution >= 4 is 5.91 Å². The zero-order valence-corrected chi connectivity index (χ0v) is 12.6. The average molecular weight is 288 g/mol. The molecule has 0 saturated carbocycles. The summed E-state index contributed by atoms with van der Waals surface area (Å²) in [7, 11) is 0. The Morgan fingerprint density at radius 1 is 1.29 bits per heavy atom. The minimum atomic E-state index is -0.623. The van der Waals surface area contributed by atoms with Gasteiger partial charge >= 0.3 is 0 Å². The lowest BCUT2D eigenvalue weighted by atomic mass is 9.95. The van der Waals surface area contributed by atoms with E-state index in [1.54, 1.807) is 0 Å². The highest BCUT2D eigenvalue weighted by atomic mass is 16.3. The second-order valence-corrected chi connectivity index (χ2v) is 6.58. The Morgan fingerprint density at radius 2 is 2.05 bits per heavy atom. The van der Waals surface area contributed by atoms with Crippen molar-refractivity contribution in [2.24, 2.45) is 0 Å². The average Bonchev–Trinajstić information content (AvgIpc) is 2.67. The Bertz CT molecular complexity index is 527. The van der Waals surface area contributed by atoms with E-state index >= 15 is 0 Å². The van der Waals surface area contributed by atoms with E-state index in [-0.39, 0.29) is 11.9 Å². The minimum Gasteiger partial charge on any atom is -0.390 e. The van der Waals surface area contributed by atoms with Crippen LogP contribution in [0.1, 0.15) is 37.3 Å². The van der Waals surface area contributed by atoms with E-state index in [2.05, 4.69) is 17.4 Å². The second kappa shape index (κ2) is 5.78. The Balaban J connectivity index is 1.66. The molecule has 4 nitrogen and oxygen atoms in total. The molecule has 3 rings (SSSR count). The summed E-state index contributed by atoms with van der Waals surface area (Å²) >= 11 is 0. The first-order valence-electron chi connectivity index (χ1n) is 7.86. The molecule has 1 unspecified atom stereocenters. The van der Waals surface area contributed by atoms with Crippen LogP contribution in [0, 0.1) is 0 Å². The second-order valence-electron chi connectivity index (χ2n) is 6.58. The summed E-state index contributed by atoms with van der Waals surface area (Å²) in [5.41, 5.74) is 1.94. The van der Waals surface area contributed by atoms with E-state index < -0.39 is 5.60 Å². The Labute approximate surface area is 126 Å². The minimum absolute atomic E-state index is 0.122. The molecule has 2 heterocycles. The van der Waals surface area contributed by atoms with E-state index in [1.807, 2.05) is 24.0 Å². The molecule has 21 heavy (non-hydrogen) atoms. The first kappa shape index (κ1) is 14.5. The van der Waals surface area contributed by atoms with Crippen molar-refractivity contribution in [3.8, 4) is 0 Å². The third kappa shape index (κ3) is 3.27. The van der Waals surface area contributed by atoms with Crippen molar-refractivity contribution in [2.45, 2.75) is 50.8 Å². The SMILES string of the molecule is CC1(O)CCCN(C(=O)[C@@H]2Cc3ccccc3CN2)CC1. The zero-order chi connectivity index (χ0) is 14.9. The van der Waals surface area contributed by atoms with E-state index in [9.17, 15) is 9.90 Å². The van der Waals surface area contributed by atoms with Crippen LogP contribution in [0.2, 0.25) is 0 Å². The highest BCUT2D eigenvalue weighted by Gasteiger charge is 2.31. The van der Waals surface area contributed by atoms with Gasteiger partial charge in [0.15, 0.2) is 0 Å². The number of hydrogen-bond acceptors (Lipinski definition) is 3. The van der Waals surface area contributed by atoms with E-state index in [4.69, 9.17) is 0 Å². The summed E-state index contributed by atoms with van der Waals surface area (Å²) in [5.74, 6) is 0.183. The van der Waals surface area contributed by atoms with Crippen molar-refractivity contribution in [3.05, 3.63) is 35.4 Å². The van der Waals surface area contributed by atoms with Gasteiger partial charge in [-0.1, -0.05) is 24.3 Å². The van der Waals surface area contributed by atoms with Gasteiger partial charge in [0.1, 0.15) is 0 Å². The molecule has 1 aromatic carbocycles. The number of likely N-dealkylation sites (tertiary alicyclic amines) is 1. The molecule has 4 heteroatoms. The van der Waals surface area contributed by atoms with E-state index in [0.29, 0.717) is 13.0 Å². The first-order valence-corrected chi connectivity index (χ1v) is 7.86. The Kier molecular flexibility index (Phi) is 4.00. The maximum Gasteiger partial charge on any atom is 0.240 e. The summed E-state index contributed by atoms with van der Waals surface area (Å²) < 4.78 is 0. The number of benzene rings is 1. The number of rotatable bonds is 1. The van der Waals surface area contributed by atoms with Gasteiger partial charge in [0.05, 0.1) is 11.6 Å². The molecule has 2 atom stereocenters. The number of nitrogens with zero attached hydrogens (tertiary/aromatic N) is 1. The van der Waals surface area contributed by atoms with Crippen molar-refractivity contribution in [1.82, 2.24) is 10.2 Å². The molecule has 114 valence electrons. The monoisotopic (exact) mass is 288 g/mol. The fourth-order valence-electron chi connectivity index (χ4n) is 3.33. The third-order valence-electron chi connectivity index (χ3n) is 4.75. The van der Waals surface area contributed by atoms with Gasteiger partial charge in [0, 0.05) is 19.6 Å². The molecule has 1 aromatic rings. The molecular weight excluding hydrogens is 264 g/mol. The summed E-state index contributed by atoms with van der Waals surface area (Å²) in [6, 6.07) is 8.19. The molecule has 0 spiro atoms. The van der Waals surface area contributed by atoms with Crippen molar-refractivity contribution in [2.75, 3.05) is 13.1 Å². The summed E-state index contributed by atoms with van der Waals surface area (Å²) in [6.45, 7) is 4.05. The van der Waals surface area contributed by atoms with Gasteiger partial charge in [-0.25, -0.2) is 0 Å². The molecule has 1 amide bonds. The van der Waals surface area contributed by atoms with Gasteiger partial charge in [-0.3, -0.25) is 4.79 Å². The Morgan fingerprint density at radius 3 is 2.86 bits per heavy atom. The van der Waals surface area contributed by atoms with E-state index in [1.165, 1.54) is 11.1 Å². The predicted molar refractivity (Wildman–Crippen MR) is 81.8 cm³/mol. The molecule has 0 aromatic heterocycles. The lowest BCUT2D eigenvalue weighted by Gasteiger charge is -2.30. The standard InChI is InChI=1S/C17H24N2O2/c1-17(21)7-4-9-19(10-8-17)16(20)15-11-13-5-2-3-6-14(13)12-18-15/h2-3,5-6,15,18,21H,4,7-12H2,1H3/t15-,17?/m0/s1. The summed E-state index contributed by atoms with van der Waals surface area (Å²) in [6.07, 6.45) is 3.09. The largest absolute Gasteiger partial charge is 0.390 e. The van der Waals surface area contributed by atoms with Crippen LogP contribution in [0.25, 0.3) is 0 Å². The molecule has 2 aliphatic rings. The van der Waals surface area contributed by atoms with Gasteiger partial charge in [-0.15, -0.1) is 0 Å². The van der Waals surface area contributed by atoms with Crippen LogP contribution in [0.5, 0.6) is 0 Å². The summed E-state index contributed by atoms with van der Waals surface area (Å²) in [4.78, 5) is 14.6. The smallest absolute Gasteiger partial charge is 0.240 e. The summed E-state index contributed by atoms with van der Waals surface area (Å²) in [5, 5.41) is 13.5. The highest BCUT2D eigenvalue weighted by Crippen LogP contribution is 2.23. The number of nitrogens with one attached hydrogen (secondary N) is 1. The van der Waals surface area contributed by atoms with Crippen LogP contribution in [0.3, 0.4) is 0 Å².